The summed E-state index contributed by atoms with van der Waals surface area (Å²) in [5.74, 6) is -0.521. The van der Waals surface area contributed by atoms with Crippen LogP contribution in [0.25, 0.3) is 0 Å². The van der Waals surface area contributed by atoms with Crippen LogP contribution >= 0.6 is 11.6 Å². The molecule has 5 heteroatoms. The van der Waals surface area contributed by atoms with Gasteiger partial charge in [0.05, 0.1) is 23.4 Å². The molecular weight excluding hydrogens is 252 g/mol. The number of carbonyl (C=O) groups excluding carboxylic acids is 1. The number of benzene rings is 1. The molecule has 0 saturated heterocycles. The maximum Gasteiger partial charge on any atom is 0.250 e. The molecule has 1 aromatic rings. The molecule has 2 rings (SSSR count). The third-order valence-corrected chi connectivity index (χ3v) is 3.10. The van der Waals surface area contributed by atoms with E-state index in [1.807, 2.05) is 6.08 Å². The number of nitrogens with two attached hydrogens (primary N) is 1. The Hall–Kier alpha value is -1.68. The van der Waals surface area contributed by atoms with Crippen molar-refractivity contribution in [3.63, 3.8) is 0 Å². The molecule has 1 amide bonds. The Labute approximate surface area is 111 Å². The van der Waals surface area contributed by atoms with Crippen molar-refractivity contribution in [3.8, 4) is 0 Å². The lowest BCUT2D eigenvalue weighted by Crippen LogP contribution is -2.23. The van der Waals surface area contributed by atoms with Crippen LogP contribution in [0, 0.1) is 0 Å². The minimum atomic E-state index is -0.521. The van der Waals surface area contributed by atoms with Gasteiger partial charge in [-0.1, -0.05) is 11.6 Å². The van der Waals surface area contributed by atoms with Crippen molar-refractivity contribution in [2.45, 2.75) is 18.9 Å². The van der Waals surface area contributed by atoms with E-state index in [-0.39, 0.29) is 6.10 Å². The van der Waals surface area contributed by atoms with Gasteiger partial charge in [-0.05, 0) is 37.1 Å². The Kier molecular flexibility index (Phi) is 4.10. The molecule has 1 atom stereocenters. The average Bonchev–Trinajstić information content (AvgIpc) is 2.37. The third-order valence-electron chi connectivity index (χ3n) is 2.79. The molecule has 1 unspecified atom stereocenters. The van der Waals surface area contributed by atoms with Crippen LogP contribution in [0.5, 0.6) is 0 Å². The zero-order valence-electron chi connectivity index (χ0n) is 9.86. The van der Waals surface area contributed by atoms with E-state index in [4.69, 9.17) is 22.1 Å². The summed E-state index contributed by atoms with van der Waals surface area (Å²) in [5.41, 5.74) is 6.37. The summed E-state index contributed by atoms with van der Waals surface area (Å²) in [5, 5.41) is 3.58. The fraction of sp³-hybridized carbons (Fsp3) is 0.308. The van der Waals surface area contributed by atoms with E-state index in [1.54, 1.807) is 24.5 Å². The second-order valence-electron chi connectivity index (χ2n) is 4.15. The molecule has 1 aliphatic heterocycles. The number of primary amides is 1. The first-order valence-corrected chi connectivity index (χ1v) is 6.18. The number of halogens is 1. The molecule has 0 radical (unpaired) electrons. The van der Waals surface area contributed by atoms with Crippen molar-refractivity contribution < 1.29 is 9.53 Å². The summed E-state index contributed by atoms with van der Waals surface area (Å²) in [7, 11) is 0. The van der Waals surface area contributed by atoms with Crippen molar-refractivity contribution in [3.05, 3.63) is 41.1 Å². The van der Waals surface area contributed by atoms with E-state index >= 15 is 0 Å². The van der Waals surface area contributed by atoms with Crippen LogP contribution in [0.2, 0.25) is 5.02 Å². The van der Waals surface area contributed by atoms with Gasteiger partial charge in [0.1, 0.15) is 6.10 Å². The van der Waals surface area contributed by atoms with Gasteiger partial charge in [0.2, 0.25) is 5.91 Å². The standard InChI is InChI=1S/C13H15ClN2O2/c14-12-7-9(4-5-11(12)13(15)17)16-8-10-3-1-2-6-18-10/h2,4-7,10,16H,1,3,8H2,(H2,15,17). The number of ether oxygens (including phenoxy) is 1. The Morgan fingerprint density at radius 2 is 2.39 bits per heavy atom. The zero-order valence-corrected chi connectivity index (χ0v) is 10.6. The SMILES string of the molecule is NC(=O)c1ccc(NCC2CCC=CO2)cc1Cl. The van der Waals surface area contributed by atoms with E-state index < -0.39 is 5.91 Å². The summed E-state index contributed by atoms with van der Waals surface area (Å²) >= 11 is 5.96. The van der Waals surface area contributed by atoms with Gasteiger partial charge in [-0.15, -0.1) is 0 Å². The highest BCUT2D eigenvalue weighted by Gasteiger charge is 2.11. The van der Waals surface area contributed by atoms with Crippen molar-refractivity contribution in [1.29, 1.82) is 0 Å². The summed E-state index contributed by atoms with van der Waals surface area (Å²) in [6.07, 6.45) is 5.95. The van der Waals surface area contributed by atoms with E-state index in [9.17, 15) is 4.79 Å². The van der Waals surface area contributed by atoms with Gasteiger partial charge in [0, 0.05) is 5.69 Å². The molecular formula is C13H15ClN2O2. The van der Waals surface area contributed by atoms with Gasteiger partial charge in [0.15, 0.2) is 0 Å². The van der Waals surface area contributed by atoms with Crippen LogP contribution < -0.4 is 11.1 Å². The lowest BCUT2D eigenvalue weighted by molar-refractivity contribution is 0.100. The Balaban J connectivity index is 1.95. The first-order valence-electron chi connectivity index (χ1n) is 5.80. The van der Waals surface area contributed by atoms with Crippen molar-refractivity contribution >= 4 is 23.2 Å². The van der Waals surface area contributed by atoms with Crippen LogP contribution in [-0.4, -0.2) is 18.6 Å². The van der Waals surface area contributed by atoms with Crippen LogP contribution in [0.15, 0.2) is 30.5 Å². The van der Waals surface area contributed by atoms with Gasteiger partial charge in [-0.25, -0.2) is 0 Å². The van der Waals surface area contributed by atoms with E-state index in [0.29, 0.717) is 17.1 Å². The zero-order chi connectivity index (χ0) is 13.0. The lowest BCUT2D eigenvalue weighted by atomic mass is 10.1. The van der Waals surface area contributed by atoms with Crippen LogP contribution in [0.1, 0.15) is 23.2 Å². The van der Waals surface area contributed by atoms with E-state index in [1.165, 1.54) is 0 Å². The molecule has 1 aliphatic rings. The van der Waals surface area contributed by atoms with Crippen molar-refractivity contribution in [1.82, 2.24) is 0 Å². The number of hydrogen-bond donors (Lipinski definition) is 2. The minimum absolute atomic E-state index is 0.171. The highest BCUT2D eigenvalue weighted by molar-refractivity contribution is 6.34. The maximum absolute atomic E-state index is 11.0. The second-order valence-corrected chi connectivity index (χ2v) is 4.55. The quantitative estimate of drug-likeness (QED) is 0.880. The normalized spacial score (nSPS) is 18.2. The monoisotopic (exact) mass is 266 g/mol. The van der Waals surface area contributed by atoms with E-state index in [0.717, 1.165) is 18.5 Å². The van der Waals surface area contributed by atoms with Gasteiger partial charge in [-0.3, -0.25) is 4.79 Å². The molecule has 0 fully saturated rings. The fourth-order valence-corrected chi connectivity index (χ4v) is 2.07. The van der Waals surface area contributed by atoms with Gasteiger partial charge in [-0.2, -0.15) is 0 Å². The maximum atomic E-state index is 11.0. The number of amides is 1. The van der Waals surface area contributed by atoms with Crippen molar-refractivity contribution in [2.24, 2.45) is 5.73 Å². The van der Waals surface area contributed by atoms with Crippen LogP contribution in [-0.2, 0) is 4.74 Å². The number of anilines is 1. The third kappa shape index (κ3) is 3.17. The molecule has 18 heavy (non-hydrogen) atoms. The summed E-state index contributed by atoms with van der Waals surface area (Å²) in [6, 6.07) is 5.10. The number of rotatable bonds is 4. The molecule has 0 bridgehead atoms. The smallest absolute Gasteiger partial charge is 0.250 e. The van der Waals surface area contributed by atoms with E-state index in [2.05, 4.69) is 5.32 Å². The predicted octanol–water partition coefficient (Wildman–Crippen LogP) is 2.54. The largest absolute Gasteiger partial charge is 0.497 e. The first-order chi connectivity index (χ1) is 8.66. The number of carbonyl (C=O) groups is 1. The highest BCUT2D eigenvalue weighted by atomic mass is 35.5. The molecule has 4 nitrogen and oxygen atoms in total. The fourth-order valence-electron chi connectivity index (χ4n) is 1.79. The number of nitrogens with one attached hydrogen (secondary N) is 1. The second kappa shape index (κ2) is 5.78. The predicted molar refractivity (Wildman–Crippen MR) is 71.7 cm³/mol. The summed E-state index contributed by atoms with van der Waals surface area (Å²) < 4.78 is 5.44. The average molecular weight is 267 g/mol. The van der Waals surface area contributed by atoms with Crippen molar-refractivity contribution in [2.75, 3.05) is 11.9 Å². The number of hydrogen-bond acceptors (Lipinski definition) is 3. The van der Waals surface area contributed by atoms with Gasteiger partial charge in [0.25, 0.3) is 0 Å². The molecule has 96 valence electrons. The molecule has 0 aromatic heterocycles. The first kappa shape index (κ1) is 12.8. The molecule has 0 spiro atoms. The van der Waals surface area contributed by atoms with Crippen LogP contribution in [0.3, 0.4) is 0 Å². The van der Waals surface area contributed by atoms with Crippen LogP contribution in [0.4, 0.5) is 5.69 Å². The Bertz CT molecular complexity index is 474. The van der Waals surface area contributed by atoms with Gasteiger partial charge >= 0.3 is 0 Å². The molecule has 1 aromatic carbocycles. The summed E-state index contributed by atoms with van der Waals surface area (Å²) in [4.78, 5) is 11.0. The summed E-state index contributed by atoms with van der Waals surface area (Å²) in [6.45, 7) is 0.705. The topological polar surface area (TPSA) is 64.4 Å². The molecule has 1 heterocycles. The number of allylic oxidation sites excluding steroid dienone is 1. The molecule has 0 aliphatic carbocycles. The minimum Gasteiger partial charge on any atom is -0.497 e. The Morgan fingerprint density at radius 1 is 1.56 bits per heavy atom. The molecule has 0 saturated carbocycles. The highest BCUT2D eigenvalue weighted by Crippen LogP contribution is 2.21. The Morgan fingerprint density at radius 3 is 3.00 bits per heavy atom. The van der Waals surface area contributed by atoms with Gasteiger partial charge < -0.3 is 15.8 Å². The lowest BCUT2D eigenvalue weighted by Gasteiger charge is -2.20. The molecule has 3 N–H and O–H groups in total.